The summed E-state index contributed by atoms with van der Waals surface area (Å²) in [5.41, 5.74) is 7.74. The topological polar surface area (TPSA) is 68.0 Å². The van der Waals surface area contributed by atoms with Crippen molar-refractivity contribution in [3.63, 3.8) is 0 Å². The number of rotatable bonds is 3. The first-order valence-electron chi connectivity index (χ1n) is 5.68. The standard InChI is InChI=1S/C13H15N3OS/c1-8(2)11-7-18-13(15-11)16-12(17)9-4-3-5-10(14)6-9/h3-8H,14H2,1-2H3,(H,15,16,17). The van der Waals surface area contributed by atoms with Crippen molar-refractivity contribution in [1.29, 1.82) is 0 Å². The number of amides is 1. The number of nitrogen functional groups attached to an aromatic ring is 1. The number of benzene rings is 1. The van der Waals surface area contributed by atoms with E-state index in [1.54, 1.807) is 24.3 Å². The van der Waals surface area contributed by atoms with Crippen LogP contribution in [0.3, 0.4) is 0 Å². The zero-order valence-electron chi connectivity index (χ0n) is 10.3. The Kier molecular flexibility index (Phi) is 3.62. The Labute approximate surface area is 110 Å². The van der Waals surface area contributed by atoms with Crippen LogP contribution in [0.4, 0.5) is 10.8 Å². The Bertz CT molecular complexity index is 563. The van der Waals surface area contributed by atoms with Gasteiger partial charge in [0.15, 0.2) is 5.13 Å². The van der Waals surface area contributed by atoms with Crippen molar-refractivity contribution in [3.05, 3.63) is 40.9 Å². The summed E-state index contributed by atoms with van der Waals surface area (Å²) in [4.78, 5) is 16.3. The van der Waals surface area contributed by atoms with Crippen LogP contribution in [0.5, 0.6) is 0 Å². The number of aromatic nitrogens is 1. The van der Waals surface area contributed by atoms with E-state index >= 15 is 0 Å². The van der Waals surface area contributed by atoms with Crippen LogP contribution in [0.25, 0.3) is 0 Å². The smallest absolute Gasteiger partial charge is 0.257 e. The van der Waals surface area contributed by atoms with Gasteiger partial charge in [0.1, 0.15) is 0 Å². The fourth-order valence-corrected chi connectivity index (χ4v) is 2.32. The predicted molar refractivity (Wildman–Crippen MR) is 75.0 cm³/mol. The first-order valence-corrected chi connectivity index (χ1v) is 6.56. The van der Waals surface area contributed by atoms with E-state index in [1.165, 1.54) is 11.3 Å². The molecule has 1 heterocycles. The summed E-state index contributed by atoms with van der Waals surface area (Å²) in [5, 5.41) is 5.35. The molecule has 0 bridgehead atoms. The molecule has 94 valence electrons. The van der Waals surface area contributed by atoms with Gasteiger partial charge in [0.05, 0.1) is 5.69 Å². The van der Waals surface area contributed by atoms with E-state index in [2.05, 4.69) is 24.1 Å². The zero-order chi connectivity index (χ0) is 13.1. The van der Waals surface area contributed by atoms with Gasteiger partial charge in [-0.05, 0) is 24.1 Å². The fraction of sp³-hybridized carbons (Fsp3) is 0.231. The van der Waals surface area contributed by atoms with Gasteiger partial charge < -0.3 is 5.73 Å². The van der Waals surface area contributed by atoms with Crippen LogP contribution in [0.15, 0.2) is 29.6 Å². The van der Waals surface area contributed by atoms with Gasteiger partial charge in [0.25, 0.3) is 5.91 Å². The number of anilines is 2. The predicted octanol–water partition coefficient (Wildman–Crippen LogP) is 3.10. The largest absolute Gasteiger partial charge is 0.399 e. The molecule has 2 aromatic rings. The number of hydrogen-bond acceptors (Lipinski definition) is 4. The van der Waals surface area contributed by atoms with Crippen LogP contribution in [-0.2, 0) is 0 Å². The number of nitrogens with two attached hydrogens (primary N) is 1. The third-order valence-electron chi connectivity index (χ3n) is 2.48. The van der Waals surface area contributed by atoms with Crippen molar-refractivity contribution < 1.29 is 4.79 Å². The quantitative estimate of drug-likeness (QED) is 0.834. The maximum absolute atomic E-state index is 11.9. The van der Waals surface area contributed by atoms with Gasteiger partial charge in [-0.2, -0.15) is 0 Å². The van der Waals surface area contributed by atoms with E-state index in [-0.39, 0.29) is 5.91 Å². The summed E-state index contributed by atoms with van der Waals surface area (Å²) in [6.45, 7) is 4.14. The Morgan fingerprint density at radius 1 is 1.44 bits per heavy atom. The molecule has 0 aliphatic rings. The van der Waals surface area contributed by atoms with E-state index in [1.807, 2.05) is 5.38 Å². The summed E-state index contributed by atoms with van der Waals surface area (Å²) in [7, 11) is 0. The van der Waals surface area contributed by atoms with E-state index in [4.69, 9.17) is 5.73 Å². The minimum absolute atomic E-state index is 0.188. The number of thiazole rings is 1. The second-order valence-corrected chi connectivity index (χ2v) is 5.17. The van der Waals surface area contributed by atoms with Crippen molar-refractivity contribution in [2.24, 2.45) is 0 Å². The van der Waals surface area contributed by atoms with Crippen LogP contribution in [0, 0.1) is 0 Å². The average molecular weight is 261 g/mol. The molecule has 0 spiro atoms. The average Bonchev–Trinajstić information content (AvgIpc) is 2.77. The second kappa shape index (κ2) is 5.18. The molecule has 0 saturated carbocycles. The summed E-state index contributed by atoms with van der Waals surface area (Å²) in [6, 6.07) is 6.87. The second-order valence-electron chi connectivity index (χ2n) is 4.31. The lowest BCUT2D eigenvalue weighted by Crippen LogP contribution is -2.12. The maximum atomic E-state index is 11.9. The maximum Gasteiger partial charge on any atom is 0.257 e. The SMILES string of the molecule is CC(C)c1csc(NC(=O)c2cccc(N)c2)n1. The van der Waals surface area contributed by atoms with Crippen molar-refractivity contribution in [1.82, 2.24) is 4.98 Å². The third-order valence-corrected chi connectivity index (χ3v) is 3.26. The molecule has 2 rings (SSSR count). The molecular weight excluding hydrogens is 246 g/mol. The normalized spacial score (nSPS) is 10.6. The molecule has 0 fully saturated rings. The first kappa shape index (κ1) is 12.6. The molecule has 3 N–H and O–H groups in total. The molecule has 1 aromatic carbocycles. The fourth-order valence-electron chi connectivity index (χ4n) is 1.46. The Morgan fingerprint density at radius 2 is 2.22 bits per heavy atom. The highest BCUT2D eigenvalue weighted by Gasteiger charge is 2.10. The molecule has 0 atom stereocenters. The van der Waals surface area contributed by atoms with Gasteiger partial charge in [-0.1, -0.05) is 19.9 Å². The summed E-state index contributed by atoms with van der Waals surface area (Å²) in [6.07, 6.45) is 0. The molecule has 5 heteroatoms. The van der Waals surface area contributed by atoms with E-state index in [9.17, 15) is 4.79 Å². The number of nitrogens with one attached hydrogen (secondary N) is 1. The van der Waals surface area contributed by atoms with Crippen LogP contribution in [0.2, 0.25) is 0 Å². The van der Waals surface area contributed by atoms with Gasteiger partial charge in [0.2, 0.25) is 0 Å². The van der Waals surface area contributed by atoms with Gasteiger partial charge in [0, 0.05) is 16.6 Å². The molecular formula is C13H15N3OS. The third kappa shape index (κ3) is 2.87. The number of hydrogen-bond donors (Lipinski definition) is 2. The number of nitrogens with zero attached hydrogens (tertiary/aromatic N) is 1. The van der Waals surface area contributed by atoms with Crippen LogP contribution in [0.1, 0.15) is 35.8 Å². The lowest BCUT2D eigenvalue weighted by Gasteiger charge is -2.02. The van der Waals surface area contributed by atoms with Crippen molar-refractivity contribution in [2.75, 3.05) is 11.1 Å². The Morgan fingerprint density at radius 3 is 2.83 bits per heavy atom. The van der Waals surface area contributed by atoms with Crippen molar-refractivity contribution >= 4 is 28.1 Å². The van der Waals surface area contributed by atoms with Gasteiger partial charge >= 0.3 is 0 Å². The summed E-state index contributed by atoms with van der Waals surface area (Å²) >= 11 is 1.43. The van der Waals surface area contributed by atoms with E-state index in [0.29, 0.717) is 22.3 Å². The molecule has 1 amide bonds. The van der Waals surface area contributed by atoms with Crippen molar-refractivity contribution in [3.8, 4) is 0 Å². The molecule has 0 aliphatic heterocycles. The minimum Gasteiger partial charge on any atom is -0.399 e. The molecule has 18 heavy (non-hydrogen) atoms. The summed E-state index contributed by atoms with van der Waals surface area (Å²) in [5.74, 6) is 0.172. The van der Waals surface area contributed by atoms with Crippen LogP contribution >= 0.6 is 11.3 Å². The first-order chi connectivity index (χ1) is 8.56. The van der Waals surface area contributed by atoms with Gasteiger partial charge in [-0.15, -0.1) is 11.3 Å². The van der Waals surface area contributed by atoms with E-state index in [0.717, 1.165) is 5.69 Å². The highest BCUT2D eigenvalue weighted by atomic mass is 32.1. The molecule has 4 nitrogen and oxygen atoms in total. The Hall–Kier alpha value is -1.88. The van der Waals surface area contributed by atoms with Crippen LogP contribution < -0.4 is 11.1 Å². The van der Waals surface area contributed by atoms with Gasteiger partial charge in [-0.3, -0.25) is 10.1 Å². The minimum atomic E-state index is -0.188. The highest BCUT2D eigenvalue weighted by molar-refractivity contribution is 7.14. The summed E-state index contributed by atoms with van der Waals surface area (Å²) < 4.78 is 0. The lowest BCUT2D eigenvalue weighted by atomic mass is 10.2. The molecule has 0 radical (unpaired) electrons. The zero-order valence-corrected chi connectivity index (χ0v) is 11.1. The van der Waals surface area contributed by atoms with Crippen molar-refractivity contribution in [2.45, 2.75) is 19.8 Å². The van der Waals surface area contributed by atoms with Gasteiger partial charge in [-0.25, -0.2) is 4.98 Å². The Balaban J connectivity index is 2.11. The molecule has 1 aromatic heterocycles. The number of carbonyl (C=O) groups excluding carboxylic acids is 1. The lowest BCUT2D eigenvalue weighted by molar-refractivity contribution is 0.102. The highest BCUT2D eigenvalue weighted by Crippen LogP contribution is 2.22. The van der Waals surface area contributed by atoms with E-state index < -0.39 is 0 Å². The molecule has 0 unspecified atom stereocenters. The monoisotopic (exact) mass is 261 g/mol. The number of carbonyl (C=O) groups is 1. The van der Waals surface area contributed by atoms with Crippen LogP contribution in [-0.4, -0.2) is 10.9 Å². The molecule has 0 saturated heterocycles. The molecule has 0 aliphatic carbocycles.